The second-order valence-electron chi connectivity index (χ2n) is 7.01. The second-order valence-corrected chi connectivity index (χ2v) is 8.18. The van der Waals surface area contributed by atoms with Crippen LogP contribution in [0.1, 0.15) is 86.1 Å². The van der Waals surface area contributed by atoms with Crippen LogP contribution >= 0.6 is 11.3 Å². The van der Waals surface area contributed by atoms with E-state index in [0.717, 1.165) is 12.5 Å². The van der Waals surface area contributed by atoms with Gasteiger partial charge in [0.15, 0.2) is 0 Å². The van der Waals surface area contributed by atoms with Crippen LogP contribution < -0.4 is 5.32 Å². The fourth-order valence-electron chi connectivity index (χ4n) is 4.16. The van der Waals surface area contributed by atoms with Crippen molar-refractivity contribution in [2.45, 2.75) is 83.6 Å². The summed E-state index contributed by atoms with van der Waals surface area (Å²) in [4.78, 5) is 3.34. The largest absolute Gasteiger partial charge is 0.310 e. The zero-order valence-corrected chi connectivity index (χ0v) is 14.4. The third kappa shape index (κ3) is 4.10. The summed E-state index contributed by atoms with van der Waals surface area (Å²) in [5.41, 5.74) is 1.68. The Labute approximate surface area is 134 Å². The van der Waals surface area contributed by atoms with Crippen LogP contribution in [0.15, 0.2) is 6.07 Å². The van der Waals surface area contributed by atoms with E-state index in [1.54, 1.807) is 15.3 Å². The summed E-state index contributed by atoms with van der Waals surface area (Å²) in [6.45, 7) is 3.35. The van der Waals surface area contributed by atoms with Crippen LogP contribution in [0.25, 0.3) is 0 Å². The van der Waals surface area contributed by atoms with Crippen molar-refractivity contribution in [3.63, 3.8) is 0 Å². The van der Waals surface area contributed by atoms with Gasteiger partial charge in [0.05, 0.1) is 0 Å². The van der Waals surface area contributed by atoms with Gasteiger partial charge in [-0.2, -0.15) is 0 Å². The minimum atomic E-state index is 0.620. The fourth-order valence-corrected chi connectivity index (χ4v) is 5.51. The van der Waals surface area contributed by atoms with Gasteiger partial charge in [-0.15, -0.1) is 11.3 Å². The highest BCUT2D eigenvalue weighted by Crippen LogP contribution is 2.37. The van der Waals surface area contributed by atoms with Crippen molar-refractivity contribution in [2.75, 3.05) is 6.54 Å². The Hall–Kier alpha value is -0.340. The van der Waals surface area contributed by atoms with E-state index in [2.05, 4.69) is 29.6 Å². The highest BCUT2D eigenvalue weighted by Gasteiger charge is 2.22. The molecule has 1 N–H and O–H groups in total. The molecule has 0 aromatic carbocycles. The predicted molar refractivity (Wildman–Crippen MR) is 93.2 cm³/mol. The van der Waals surface area contributed by atoms with Gasteiger partial charge < -0.3 is 5.32 Å². The normalized spacial score (nSPS) is 21.8. The molecule has 2 aliphatic carbocycles. The molecule has 21 heavy (non-hydrogen) atoms. The van der Waals surface area contributed by atoms with Crippen molar-refractivity contribution < 1.29 is 0 Å². The number of fused-ring (bicyclic) bond motifs is 1. The molecule has 1 fully saturated rings. The van der Waals surface area contributed by atoms with Gasteiger partial charge in [0.1, 0.15) is 0 Å². The molecule has 1 unspecified atom stereocenters. The fraction of sp³-hybridized carbons (Fsp3) is 0.789. The molecule has 1 nitrogen and oxygen atoms in total. The minimum absolute atomic E-state index is 0.620. The topological polar surface area (TPSA) is 12.0 Å². The summed E-state index contributed by atoms with van der Waals surface area (Å²) in [5, 5.41) is 3.78. The van der Waals surface area contributed by atoms with E-state index in [9.17, 15) is 0 Å². The van der Waals surface area contributed by atoms with Crippen LogP contribution in [0, 0.1) is 5.92 Å². The Bertz CT molecular complexity index is 407. The zero-order chi connectivity index (χ0) is 14.5. The highest BCUT2D eigenvalue weighted by molar-refractivity contribution is 7.12. The molecule has 1 saturated carbocycles. The first kappa shape index (κ1) is 15.6. The first-order valence-corrected chi connectivity index (χ1v) is 10.0. The van der Waals surface area contributed by atoms with Crippen molar-refractivity contribution in [1.82, 2.24) is 5.32 Å². The molecule has 0 radical (unpaired) electrons. The lowest BCUT2D eigenvalue weighted by Crippen LogP contribution is -2.23. The molecule has 0 saturated heterocycles. The van der Waals surface area contributed by atoms with Crippen LogP contribution in [0.3, 0.4) is 0 Å². The molecule has 1 aromatic heterocycles. The molecule has 1 aromatic rings. The van der Waals surface area contributed by atoms with E-state index in [1.165, 1.54) is 70.6 Å². The first-order valence-electron chi connectivity index (χ1n) is 9.21. The van der Waals surface area contributed by atoms with Crippen molar-refractivity contribution in [1.29, 1.82) is 0 Å². The van der Waals surface area contributed by atoms with Gasteiger partial charge in [0.25, 0.3) is 0 Å². The molecular weight excluding hydrogens is 274 g/mol. The van der Waals surface area contributed by atoms with Gasteiger partial charge in [-0.1, -0.05) is 45.4 Å². The van der Waals surface area contributed by atoms with Crippen molar-refractivity contribution in [3.8, 4) is 0 Å². The molecule has 2 aliphatic rings. The molecule has 0 spiro atoms. The smallest absolute Gasteiger partial charge is 0.0417 e. The maximum absolute atomic E-state index is 3.78. The number of aryl methyl sites for hydroxylation is 2. The molecule has 1 atom stereocenters. The van der Waals surface area contributed by atoms with Crippen LogP contribution in [0.2, 0.25) is 0 Å². The van der Waals surface area contributed by atoms with Crippen molar-refractivity contribution in [2.24, 2.45) is 5.92 Å². The Morgan fingerprint density at radius 2 is 1.86 bits per heavy atom. The highest BCUT2D eigenvalue weighted by atomic mass is 32.1. The van der Waals surface area contributed by atoms with E-state index >= 15 is 0 Å². The zero-order valence-electron chi connectivity index (χ0n) is 13.6. The van der Waals surface area contributed by atoms with Crippen LogP contribution in [0.5, 0.6) is 0 Å². The molecule has 0 amide bonds. The summed E-state index contributed by atoms with van der Waals surface area (Å²) in [6, 6.07) is 3.18. The third-order valence-corrected chi connectivity index (χ3v) is 6.70. The van der Waals surface area contributed by atoms with E-state index in [4.69, 9.17) is 0 Å². The van der Waals surface area contributed by atoms with Gasteiger partial charge in [-0.05, 0) is 56.2 Å². The van der Waals surface area contributed by atoms with E-state index in [0.29, 0.717) is 6.04 Å². The summed E-state index contributed by atoms with van der Waals surface area (Å²) < 4.78 is 0. The van der Waals surface area contributed by atoms with E-state index in [-0.39, 0.29) is 0 Å². The molecule has 0 aliphatic heterocycles. The maximum atomic E-state index is 3.78. The lowest BCUT2D eigenvalue weighted by atomic mass is 9.84. The third-order valence-electron chi connectivity index (χ3n) is 5.35. The molecule has 118 valence electrons. The molecule has 1 heterocycles. The van der Waals surface area contributed by atoms with Crippen molar-refractivity contribution in [3.05, 3.63) is 21.4 Å². The first-order chi connectivity index (χ1) is 10.4. The van der Waals surface area contributed by atoms with Crippen molar-refractivity contribution >= 4 is 11.3 Å². The molecular formula is C19H31NS. The summed E-state index contributed by atoms with van der Waals surface area (Å²) in [7, 11) is 0. The monoisotopic (exact) mass is 305 g/mol. The van der Waals surface area contributed by atoms with Crippen LogP contribution in [-0.2, 0) is 12.8 Å². The van der Waals surface area contributed by atoms with E-state index < -0.39 is 0 Å². The number of hydrogen-bond acceptors (Lipinski definition) is 2. The molecule has 0 bridgehead atoms. The van der Waals surface area contributed by atoms with Crippen LogP contribution in [0.4, 0.5) is 0 Å². The maximum Gasteiger partial charge on any atom is 0.0417 e. The van der Waals surface area contributed by atoms with Gasteiger partial charge in [0, 0.05) is 15.8 Å². The van der Waals surface area contributed by atoms with Gasteiger partial charge >= 0.3 is 0 Å². The SMILES string of the molecule is CCNC(CC1CCCCC1)c1cc2c(s1)CCCCC2. The molecule has 3 rings (SSSR count). The Kier molecular flexibility index (Phi) is 5.76. The minimum Gasteiger partial charge on any atom is -0.310 e. The Morgan fingerprint density at radius 3 is 2.67 bits per heavy atom. The number of hydrogen-bond donors (Lipinski definition) is 1. The summed E-state index contributed by atoms with van der Waals surface area (Å²) in [6.07, 6.45) is 15.6. The lowest BCUT2D eigenvalue weighted by Gasteiger charge is -2.26. The van der Waals surface area contributed by atoms with Gasteiger partial charge in [0.2, 0.25) is 0 Å². The number of rotatable bonds is 5. The van der Waals surface area contributed by atoms with Gasteiger partial charge in [-0.25, -0.2) is 0 Å². The number of thiophene rings is 1. The van der Waals surface area contributed by atoms with Gasteiger partial charge in [-0.3, -0.25) is 0 Å². The van der Waals surface area contributed by atoms with Crippen LogP contribution in [-0.4, -0.2) is 6.54 Å². The Balaban J connectivity index is 1.70. The average molecular weight is 306 g/mol. The molecule has 2 heteroatoms. The second kappa shape index (κ2) is 7.78. The summed E-state index contributed by atoms with van der Waals surface area (Å²) >= 11 is 2.12. The number of nitrogens with one attached hydrogen (secondary N) is 1. The quantitative estimate of drug-likeness (QED) is 0.694. The predicted octanol–water partition coefficient (Wildman–Crippen LogP) is 5.64. The average Bonchev–Trinajstić information content (AvgIpc) is 2.79. The summed E-state index contributed by atoms with van der Waals surface area (Å²) in [5.74, 6) is 0.963. The standard InChI is InChI=1S/C19H31NS/c1-2-20-17(13-15-9-5-3-6-10-15)19-14-16-11-7-4-8-12-18(16)21-19/h14-15,17,20H,2-13H2,1H3. The Morgan fingerprint density at radius 1 is 1.10 bits per heavy atom. The lowest BCUT2D eigenvalue weighted by molar-refractivity contribution is 0.303. The van der Waals surface area contributed by atoms with E-state index in [1.807, 2.05) is 0 Å².